The summed E-state index contributed by atoms with van der Waals surface area (Å²) in [6, 6.07) is 0. The van der Waals surface area contributed by atoms with Crippen molar-refractivity contribution in [1.82, 2.24) is 14.9 Å². The molecule has 1 unspecified atom stereocenters. The van der Waals surface area contributed by atoms with Crippen molar-refractivity contribution in [2.24, 2.45) is 0 Å². The zero-order chi connectivity index (χ0) is 13.1. The molecule has 1 atom stereocenters. The number of nitrogens with zero attached hydrogens (tertiary/aromatic N) is 1. The second-order valence-corrected chi connectivity index (χ2v) is 5.76. The lowest BCUT2D eigenvalue weighted by molar-refractivity contribution is 0.167. The molecule has 0 saturated carbocycles. The van der Waals surface area contributed by atoms with E-state index in [1.54, 1.807) is 13.8 Å². The van der Waals surface area contributed by atoms with Crippen molar-refractivity contribution in [2.75, 3.05) is 6.54 Å². The molecule has 0 spiro atoms. The standard InChI is InChI=1S/C10H19N3O3S/c1-4-5-9(14)6-11-17(15,16)10-7(2)12-13-8(10)3/h9,11,14H,4-6H2,1-3H3,(H,12,13). The van der Waals surface area contributed by atoms with Crippen molar-refractivity contribution in [3.8, 4) is 0 Å². The molecule has 7 heteroatoms. The van der Waals surface area contributed by atoms with Crippen molar-refractivity contribution in [3.05, 3.63) is 11.4 Å². The second-order valence-electron chi connectivity index (χ2n) is 4.06. The third kappa shape index (κ3) is 3.52. The Bertz CT molecular complexity index is 448. The van der Waals surface area contributed by atoms with E-state index in [0.29, 0.717) is 17.8 Å². The van der Waals surface area contributed by atoms with Gasteiger partial charge in [0.25, 0.3) is 0 Å². The quantitative estimate of drug-likeness (QED) is 0.693. The highest BCUT2D eigenvalue weighted by molar-refractivity contribution is 7.89. The molecule has 0 aromatic carbocycles. The summed E-state index contributed by atoms with van der Waals surface area (Å²) in [5.41, 5.74) is 0.931. The highest BCUT2D eigenvalue weighted by Crippen LogP contribution is 2.16. The predicted molar refractivity (Wildman–Crippen MR) is 64.2 cm³/mol. The van der Waals surface area contributed by atoms with Gasteiger partial charge in [-0.25, -0.2) is 13.1 Å². The van der Waals surface area contributed by atoms with Crippen molar-refractivity contribution >= 4 is 10.0 Å². The number of nitrogens with one attached hydrogen (secondary N) is 2. The summed E-state index contributed by atoms with van der Waals surface area (Å²) >= 11 is 0. The van der Waals surface area contributed by atoms with Crippen LogP contribution in [0.4, 0.5) is 0 Å². The molecular weight excluding hydrogens is 242 g/mol. The smallest absolute Gasteiger partial charge is 0.244 e. The Hall–Kier alpha value is -0.920. The lowest BCUT2D eigenvalue weighted by atomic mass is 10.2. The number of sulfonamides is 1. The molecule has 6 nitrogen and oxygen atoms in total. The second kappa shape index (κ2) is 5.61. The minimum atomic E-state index is -3.60. The Morgan fingerprint density at radius 2 is 2.12 bits per heavy atom. The van der Waals surface area contributed by atoms with E-state index < -0.39 is 16.1 Å². The van der Waals surface area contributed by atoms with Crippen LogP contribution in [0.2, 0.25) is 0 Å². The molecule has 0 radical (unpaired) electrons. The molecule has 17 heavy (non-hydrogen) atoms. The highest BCUT2D eigenvalue weighted by Gasteiger charge is 2.22. The van der Waals surface area contributed by atoms with E-state index in [-0.39, 0.29) is 11.4 Å². The van der Waals surface area contributed by atoms with Crippen molar-refractivity contribution in [2.45, 2.75) is 44.6 Å². The molecule has 1 rings (SSSR count). The minimum Gasteiger partial charge on any atom is -0.392 e. The van der Waals surface area contributed by atoms with Crippen molar-refractivity contribution < 1.29 is 13.5 Å². The van der Waals surface area contributed by atoms with Gasteiger partial charge in [0.2, 0.25) is 10.0 Å². The first-order valence-corrected chi connectivity index (χ1v) is 7.06. The number of rotatable bonds is 6. The van der Waals surface area contributed by atoms with Crippen LogP contribution in [0.1, 0.15) is 31.2 Å². The van der Waals surface area contributed by atoms with Crippen LogP contribution in [0.5, 0.6) is 0 Å². The number of aliphatic hydroxyl groups excluding tert-OH is 1. The minimum absolute atomic E-state index is 0.0280. The molecule has 3 N–H and O–H groups in total. The molecule has 1 aromatic rings. The van der Waals surface area contributed by atoms with Crippen LogP contribution in [0.25, 0.3) is 0 Å². The van der Waals surface area contributed by atoms with E-state index in [0.717, 1.165) is 6.42 Å². The summed E-state index contributed by atoms with van der Waals surface area (Å²) in [5, 5.41) is 16.0. The maximum absolute atomic E-state index is 12.0. The van der Waals surface area contributed by atoms with Gasteiger partial charge in [0.1, 0.15) is 4.90 Å². The summed E-state index contributed by atoms with van der Waals surface area (Å²) in [4.78, 5) is 0.168. The van der Waals surface area contributed by atoms with Crippen LogP contribution in [0.3, 0.4) is 0 Å². The molecule has 0 aliphatic rings. The first-order chi connectivity index (χ1) is 7.88. The monoisotopic (exact) mass is 261 g/mol. The first-order valence-electron chi connectivity index (χ1n) is 5.57. The average molecular weight is 261 g/mol. The molecule has 0 aliphatic heterocycles. The van der Waals surface area contributed by atoms with Gasteiger partial charge in [0.15, 0.2) is 0 Å². The summed E-state index contributed by atoms with van der Waals surface area (Å²) in [6.45, 7) is 5.24. The van der Waals surface area contributed by atoms with Crippen LogP contribution in [0, 0.1) is 13.8 Å². The molecule has 1 heterocycles. The van der Waals surface area contributed by atoms with Gasteiger partial charge in [-0.2, -0.15) is 5.10 Å². The van der Waals surface area contributed by atoms with Crippen LogP contribution in [-0.4, -0.2) is 36.4 Å². The number of hydrogen-bond acceptors (Lipinski definition) is 4. The van der Waals surface area contributed by atoms with Gasteiger partial charge < -0.3 is 5.11 Å². The molecule has 0 aliphatic carbocycles. The van der Waals surface area contributed by atoms with E-state index >= 15 is 0 Å². The normalized spacial score (nSPS) is 13.9. The Balaban J connectivity index is 2.76. The number of H-pyrrole nitrogens is 1. The summed E-state index contributed by atoms with van der Waals surface area (Å²) in [5.74, 6) is 0. The summed E-state index contributed by atoms with van der Waals surface area (Å²) < 4.78 is 26.3. The third-order valence-corrected chi connectivity index (χ3v) is 4.15. The van der Waals surface area contributed by atoms with Gasteiger partial charge >= 0.3 is 0 Å². The molecule has 1 aromatic heterocycles. The molecular formula is C10H19N3O3S. The predicted octanol–water partition coefficient (Wildman–Crippen LogP) is 0.466. The summed E-state index contributed by atoms with van der Waals surface area (Å²) in [6.07, 6.45) is 0.737. The molecule has 0 amide bonds. The maximum Gasteiger partial charge on any atom is 0.244 e. The number of hydrogen-bond donors (Lipinski definition) is 3. The van der Waals surface area contributed by atoms with Crippen molar-refractivity contribution in [1.29, 1.82) is 0 Å². The number of aromatic amines is 1. The third-order valence-electron chi connectivity index (χ3n) is 2.46. The van der Waals surface area contributed by atoms with Crippen LogP contribution in [-0.2, 0) is 10.0 Å². The van der Waals surface area contributed by atoms with Crippen LogP contribution < -0.4 is 4.72 Å². The lowest BCUT2D eigenvalue weighted by Gasteiger charge is -2.11. The molecule has 0 saturated heterocycles. The Labute approximate surface area is 101 Å². The van der Waals surface area contributed by atoms with E-state index in [4.69, 9.17) is 0 Å². The average Bonchev–Trinajstić information content (AvgIpc) is 2.57. The molecule has 98 valence electrons. The van der Waals surface area contributed by atoms with Gasteiger partial charge in [-0.05, 0) is 20.3 Å². The van der Waals surface area contributed by atoms with Gasteiger partial charge in [-0.15, -0.1) is 0 Å². The van der Waals surface area contributed by atoms with E-state index in [2.05, 4.69) is 14.9 Å². The van der Waals surface area contributed by atoms with Gasteiger partial charge in [0.05, 0.1) is 17.5 Å². The maximum atomic E-state index is 12.0. The van der Waals surface area contributed by atoms with E-state index in [1.165, 1.54) is 0 Å². The Morgan fingerprint density at radius 1 is 1.47 bits per heavy atom. The first kappa shape index (κ1) is 14.1. The van der Waals surface area contributed by atoms with Crippen LogP contribution in [0.15, 0.2) is 4.90 Å². The topological polar surface area (TPSA) is 95.1 Å². The van der Waals surface area contributed by atoms with Gasteiger partial charge in [-0.3, -0.25) is 5.10 Å². The van der Waals surface area contributed by atoms with Crippen LogP contribution >= 0.6 is 0 Å². The van der Waals surface area contributed by atoms with E-state index in [1.807, 2.05) is 6.92 Å². The molecule has 0 bridgehead atoms. The number of aliphatic hydroxyl groups is 1. The fourth-order valence-electron chi connectivity index (χ4n) is 1.65. The van der Waals surface area contributed by atoms with Crippen molar-refractivity contribution in [3.63, 3.8) is 0 Å². The molecule has 0 fully saturated rings. The Morgan fingerprint density at radius 3 is 2.59 bits per heavy atom. The SMILES string of the molecule is CCCC(O)CNS(=O)(=O)c1c(C)n[nH]c1C. The van der Waals surface area contributed by atoms with Gasteiger partial charge in [0, 0.05) is 6.54 Å². The number of aryl methyl sites for hydroxylation is 2. The lowest BCUT2D eigenvalue weighted by Crippen LogP contribution is -2.32. The fraction of sp³-hybridized carbons (Fsp3) is 0.700. The van der Waals surface area contributed by atoms with E-state index in [9.17, 15) is 13.5 Å². The Kier molecular flexibility index (Phi) is 4.67. The highest BCUT2D eigenvalue weighted by atomic mass is 32.2. The zero-order valence-electron chi connectivity index (χ0n) is 10.3. The largest absolute Gasteiger partial charge is 0.392 e. The van der Waals surface area contributed by atoms with Gasteiger partial charge in [-0.1, -0.05) is 13.3 Å². The fourth-order valence-corrected chi connectivity index (χ4v) is 3.09. The zero-order valence-corrected chi connectivity index (χ0v) is 11.1. The number of aromatic nitrogens is 2. The summed E-state index contributed by atoms with van der Waals surface area (Å²) in [7, 11) is -3.60.